The molecule has 0 saturated heterocycles. The van der Waals surface area contributed by atoms with Gasteiger partial charge in [0, 0.05) is 0 Å². The number of rotatable bonds is 22. The predicted octanol–water partition coefficient (Wildman–Crippen LogP) is 9.57. The van der Waals surface area contributed by atoms with E-state index in [1.54, 1.807) is 0 Å². The Hall–Kier alpha value is -1.74. The summed E-state index contributed by atoms with van der Waals surface area (Å²) >= 11 is 0. The van der Waals surface area contributed by atoms with Gasteiger partial charge in [-0.25, -0.2) is 0 Å². The lowest BCUT2D eigenvalue weighted by molar-refractivity contribution is -0.870. The molecule has 0 radical (unpaired) electrons. The highest BCUT2D eigenvalue weighted by molar-refractivity contribution is 5.85. The van der Waals surface area contributed by atoms with Gasteiger partial charge in [-0.15, -0.1) is 0 Å². The van der Waals surface area contributed by atoms with Crippen LogP contribution in [0.5, 0.6) is 11.5 Å². The molecule has 204 valence electrons. The second-order valence-electron chi connectivity index (χ2n) is 11.7. The minimum Gasteiger partial charge on any atom is -0.494 e. The van der Waals surface area contributed by atoms with E-state index in [-0.39, 0.29) is 0 Å². The van der Waals surface area contributed by atoms with Crippen molar-refractivity contribution in [2.75, 3.05) is 40.9 Å². The SMILES string of the molecule is CCCCCCCCCCCCCCCCOc1ccc2cc(OCCCC[N+](C)(C)C)ccc2c1. The molecule has 3 nitrogen and oxygen atoms in total. The van der Waals surface area contributed by atoms with Crippen molar-refractivity contribution in [3.63, 3.8) is 0 Å². The molecule has 0 heterocycles. The number of ether oxygens (including phenoxy) is 2. The normalized spacial score (nSPS) is 11.8. The minimum atomic E-state index is 0.784. The molecule has 0 N–H and O–H groups in total. The second-order valence-corrected chi connectivity index (χ2v) is 11.7. The van der Waals surface area contributed by atoms with Crippen molar-refractivity contribution in [1.29, 1.82) is 0 Å². The Morgan fingerprint density at radius 2 is 0.889 bits per heavy atom. The van der Waals surface area contributed by atoms with Gasteiger partial charge in [-0.1, -0.05) is 103 Å². The molecule has 0 fully saturated rings. The number of nitrogens with zero attached hydrogens (tertiary/aromatic N) is 1. The third-order valence-corrected chi connectivity index (χ3v) is 7.04. The summed E-state index contributed by atoms with van der Waals surface area (Å²) in [5.74, 6) is 1.94. The molecule has 0 spiro atoms. The van der Waals surface area contributed by atoms with Crippen LogP contribution in [0.3, 0.4) is 0 Å². The van der Waals surface area contributed by atoms with Crippen LogP contribution >= 0.6 is 0 Å². The molecule has 0 aliphatic rings. The summed E-state index contributed by atoms with van der Waals surface area (Å²) in [6.45, 7) is 5.08. The summed E-state index contributed by atoms with van der Waals surface area (Å²) in [6, 6.07) is 12.8. The van der Waals surface area contributed by atoms with E-state index >= 15 is 0 Å². The first-order valence-corrected chi connectivity index (χ1v) is 15.1. The molecule has 0 bridgehead atoms. The smallest absolute Gasteiger partial charge is 0.119 e. The maximum Gasteiger partial charge on any atom is 0.119 e. The van der Waals surface area contributed by atoms with Crippen LogP contribution in [0.4, 0.5) is 0 Å². The lowest BCUT2D eigenvalue weighted by Gasteiger charge is -2.23. The second kappa shape index (κ2) is 18.5. The van der Waals surface area contributed by atoms with Crippen molar-refractivity contribution in [1.82, 2.24) is 0 Å². The summed E-state index contributed by atoms with van der Waals surface area (Å²) in [6.07, 6.45) is 21.7. The highest BCUT2D eigenvalue weighted by Crippen LogP contribution is 2.25. The standard InChI is InChI=1S/C33H56NO2/c1-5-6-7-8-9-10-11-12-13-14-15-16-17-19-26-35-32-23-21-31-29-33(24-22-30(31)28-32)36-27-20-18-25-34(2,3)4/h21-24,28-29H,5-20,25-27H2,1-4H3/q+1. The first-order chi connectivity index (χ1) is 17.5. The van der Waals surface area contributed by atoms with Crippen molar-refractivity contribution >= 4 is 10.8 Å². The molecule has 0 amide bonds. The Labute approximate surface area is 223 Å². The number of fused-ring (bicyclic) bond motifs is 1. The molecule has 36 heavy (non-hydrogen) atoms. The Balaban J connectivity index is 1.50. The van der Waals surface area contributed by atoms with Gasteiger partial charge in [0.1, 0.15) is 11.5 Å². The molecule has 3 heteroatoms. The van der Waals surface area contributed by atoms with Gasteiger partial charge in [0.05, 0.1) is 40.9 Å². The molecule has 0 aromatic heterocycles. The van der Waals surface area contributed by atoms with E-state index in [0.29, 0.717) is 0 Å². The molecule has 2 aromatic carbocycles. The summed E-state index contributed by atoms with van der Waals surface area (Å²) in [5.41, 5.74) is 0. The molecule has 2 rings (SSSR count). The predicted molar refractivity (Wildman–Crippen MR) is 157 cm³/mol. The first-order valence-electron chi connectivity index (χ1n) is 15.1. The van der Waals surface area contributed by atoms with Crippen LogP contribution in [0.15, 0.2) is 36.4 Å². The summed E-state index contributed by atoms with van der Waals surface area (Å²) in [5, 5.41) is 2.42. The minimum absolute atomic E-state index is 0.784. The molecular formula is C33H56NO2+. The number of unbranched alkanes of at least 4 members (excludes halogenated alkanes) is 14. The maximum absolute atomic E-state index is 6.04. The van der Waals surface area contributed by atoms with Gasteiger partial charge >= 0.3 is 0 Å². The Kier molecular flexibility index (Phi) is 15.7. The van der Waals surface area contributed by atoms with Crippen LogP contribution in [0, 0.1) is 0 Å². The largest absolute Gasteiger partial charge is 0.494 e. The van der Waals surface area contributed by atoms with Gasteiger partial charge in [-0.3, -0.25) is 0 Å². The van der Waals surface area contributed by atoms with Crippen LogP contribution in [-0.4, -0.2) is 45.4 Å². The Bertz CT molecular complexity index is 811. The fourth-order valence-corrected chi connectivity index (χ4v) is 4.75. The van der Waals surface area contributed by atoms with E-state index in [1.165, 1.54) is 107 Å². The van der Waals surface area contributed by atoms with E-state index in [0.717, 1.165) is 42.0 Å². The van der Waals surface area contributed by atoms with E-state index in [2.05, 4.69) is 64.5 Å². The summed E-state index contributed by atoms with van der Waals surface area (Å²) in [7, 11) is 6.71. The van der Waals surface area contributed by atoms with E-state index in [4.69, 9.17) is 9.47 Å². The lowest BCUT2D eigenvalue weighted by atomic mass is 10.0. The zero-order chi connectivity index (χ0) is 25.9. The monoisotopic (exact) mass is 498 g/mol. The van der Waals surface area contributed by atoms with Crippen LogP contribution in [-0.2, 0) is 0 Å². The fraction of sp³-hybridized carbons (Fsp3) is 0.697. The zero-order valence-electron chi connectivity index (χ0n) is 24.2. The molecular weight excluding hydrogens is 442 g/mol. The molecule has 0 unspecified atom stereocenters. The van der Waals surface area contributed by atoms with Crippen molar-refractivity contribution in [2.24, 2.45) is 0 Å². The van der Waals surface area contributed by atoms with Gasteiger partial charge in [0.2, 0.25) is 0 Å². The van der Waals surface area contributed by atoms with Crippen molar-refractivity contribution in [3.05, 3.63) is 36.4 Å². The van der Waals surface area contributed by atoms with E-state index in [9.17, 15) is 0 Å². The Morgan fingerprint density at radius 1 is 0.500 bits per heavy atom. The van der Waals surface area contributed by atoms with Crippen LogP contribution in [0.2, 0.25) is 0 Å². The number of hydrogen-bond acceptors (Lipinski definition) is 2. The highest BCUT2D eigenvalue weighted by Gasteiger charge is 2.06. The fourth-order valence-electron chi connectivity index (χ4n) is 4.75. The van der Waals surface area contributed by atoms with Gasteiger partial charge in [-0.05, 0) is 54.3 Å². The summed E-state index contributed by atoms with van der Waals surface area (Å²) in [4.78, 5) is 0. The first kappa shape index (κ1) is 30.5. The van der Waals surface area contributed by atoms with Gasteiger partial charge in [0.25, 0.3) is 0 Å². The third-order valence-electron chi connectivity index (χ3n) is 7.04. The van der Waals surface area contributed by atoms with Crippen LogP contribution < -0.4 is 9.47 Å². The number of quaternary nitrogens is 1. The van der Waals surface area contributed by atoms with Crippen LogP contribution in [0.1, 0.15) is 110 Å². The molecule has 2 aromatic rings. The maximum atomic E-state index is 6.04. The van der Waals surface area contributed by atoms with Crippen molar-refractivity contribution in [3.8, 4) is 11.5 Å². The molecule has 0 aliphatic heterocycles. The quantitative estimate of drug-likeness (QED) is 0.119. The lowest BCUT2D eigenvalue weighted by Crippen LogP contribution is -2.35. The van der Waals surface area contributed by atoms with Gasteiger partial charge in [-0.2, -0.15) is 0 Å². The van der Waals surface area contributed by atoms with E-state index in [1.807, 2.05) is 0 Å². The van der Waals surface area contributed by atoms with Crippen molar-refractivity contribution < 1.29 is 14.0 Å². The summed E-state index contributed by atoms with van der Waals surface area (Å²) < 4.78 is 13.0. The third kappa shape index (κ3) is 14.7. The number of benzene rings is 2. The van der Waals surface area contributed by atoms with Gasteiger partial charge in [0.15, 0.2) is 0 Å². The number of hydrogen-bond donors (Lipinski definition) is 0. The Morgan fingerprint density at radius 3 is 1.31 bits per heavy atom. The van der Waals surface area contributed by atoms with E-state index < -0.39 is 0 Å². The van der Waals surface area contributed by atoms with Crippen molar-refractivity contribution in [2.45, 2.75) is 110 Å². The average Bonchev–Trinajstić information content (AvgIpc) is 2.85. The molecule has 0 saturated carbocycles. The zero-order valence-corrected chi connectivity index (χ0v) is 24.2. The molecule has 0 aliphatic carbocycles. The average molecular weight is 499 g/mol. The topological polar surface area (TPSA) is 18.5 Å². The highest BCUT2D eigenvalue weighted by atomic mass is 16.5. The van der Waals surface area contributed by atoms with Gasteiger partial charge < -0.3 is 14.0 Å². The van der Waals surface area contributed by atoms with Crippen LogP contribution in [0.25, 0.3) is 10.8 Å². The molecule has 0 atom stereocenters.